The molecule has 0 saturated carbocycles. The van der Waals surface area contributed by atoms with E-state index in [4.69, 9.17) is 5.11 Å². The van der Waals surface area contributed by atoms with Gasteiger partial charge in [-0.1, -0.05) is 32.0 Å². The van der Waals surface area contributed by atoms with E-state index in [9.17, 15) is 0 Å². The van der Waals surface area contributed by atoms with Crippen molar-refractivity contribution in [3.63, 3.8) is 0 Å². The molecule has 1 aromatic carbocycles. The largest absolute Gasteiger partial charge is 0.396 e. The number of hydrogen-bond acceptors (Lipinski definition) is 2. The predicted octanol–water partition coefficient (Wildman–Crippen LogP) is 2.85. The third kappa shape index (κ3) is 2.63. The molecule has 0 spiro atoms. The molecule has 0 radical (unpaired) electrons. The molecule has 0 fully saturated rings. The van der Waals surface area contributed by atoms with Crippen molar-refractivity contribution in [1.29, 1.82) is 0 Å². The van der Waals surface area contributed by atoms with Crippen molar-refractivity contribution in [2.24, 2.45) is 5.92 Å². The summed E-state index contributed by atoms with van der Waals surface area (Å²) < 4.78 is 0. The van der Waals surface area contributed by atoms with Crippen LogP contribution in [0, 0.1) is 5.92 Å². The van der Waals surface area contributed by atoms with Crippen molar-refractivity contribution in [2.75, 3.05) is 18.1 Å². The van der Waals surface area contributed by atoms with Crippen molar-refractivity contribution < 1.29 is 5.11 Å². The summed E-state index contributed by atoms with van der Waals surface area (Å²) in [6.07, 6.45) is 3.28. The zero-order chi connectivity index (χ0) is 12.3. The Balaban J connectivity index is 2.25. The molecular weight excluding hydrogens is 210 g/mol. The van der Waals surface area contributed by atoms with E-state index in [1.165, 1.54) is 24.1 Å². The highest BCUT2D eigenvalue weighted by Crippen LogP contribution is 2.33. The molecular formula is C15H23NO. The first kappa shape index (κ1) is 12.4. The third-order valence-corrected chi connectivity index (χ3v) is 3.74. The van der Waals surface area contributed by atoms with Crippen LogP contribution in [0.2, 0.25) is 0 Å². The van der Waals surface area contributed by atoms with Crippen molar-refractivity contribution in [3.05, 3.63) is 29.8 Å². The van der Waals surface area contributed by atoms with Crippen LogP contribution >= 0.6 is 0 Å². The molecule has 0 saturated heterocycles. The van der Waals surface area contributed by atoms with Gasteiger partial charge in [0, 0.05) is 24.9 Å². The van der Waals surface area contributed by atoms with E-state index in [2.05, 4.69) is 43.0 Å². The van der Waals surface area contributed by atoms with Crippen LogP contribution in [0.3, 0.4) is 0 Å². The number of nitrogens with zero attached hydrogens (tertiary/aromatic N) is 1. The zero-order valence-electron chi connectivity index (χ0n) is 10.9. The van der Waals surface area contributed by atoms with E-state index in [0.29, 0.717) is 12.0 Å². The summed E-state index contributed by atoms with van der Waals surface area (Å²) in [5, 5.41) is 9.04. The summed E-state index contributed by atoms with van der Waals surface area (Å²) in [5.74, 6) is 0.669. The van der Waals surface area contributed by atoms with E-state index in [0.717, 1.165) is 13.0 Å². The maximum atomic E-state index is 9.04. The van der Waals surface area contributed by atoms with Gasteiger partial charge in [0.25, 0.3) is 0 Å². The minimum atomic E-state index is 0.281. The molecule has 94 valence electrons. The number of aryl methyl sites for hydroxylation is 1. The molecule has 0 amide bonds. The molecule has 2 nitrogen and oxygen atoms in total. The highest BCUT2D eigenvalue weighted by atomic mass is 16.3. The lowest BCUT2D eigenvalue weighted by molar-refractivity contribution is 0.284. The maximum absolute atomic E-state index is 9.04. The molecule has 0 aliphatic carbocycles. The minimum absolute atomic E-state index is 0.281. The lowest BCUT2D eigenvalue weighted by atomic mass is 9.89. The lowest BCUT2D eigenvalue weighted by Gasteiger charge is -2.41. The number of hydrogen-bond donors (Lipinski definition) is 1. The summed E-state index contributed by atoms with van der Waals surface area (Å²) in [4.78, 5) is 2.50. The van der Waals surface area contributed by atoms with Gasteiger partial charge in [-0.05, 0) is 36.8 Å². The van der Waals surface area contributed by atoms with Crippen molar-refractivity contribution in [2.45, 2.75) is 39.2 Å². The summed E-state index contributed by atoms with van der Waals surface area (Å²) in [6, 6.07) is 9.32. The fourth-order valence-electron chi connectivity index (χ4n) is 2.86. The molecule has 17 heavy (non-hydrogen) atoms. The van der Waals surface area contributed by atoms with E-state index in [1.54, 1.807) is 0 Å². The smallest absolute Gasteiger partial charge is 0.0447 e. The number of aliphatic hydroxyl groups excluding tert-OH is 1. The Morgan fingerprint density at radius 3 is 2.82 bits per heavy atom. The second kappa shape index (κ2) is 5.54. The molecule has 1 atom stereocenters. The lowest BCUT2D eigenvalue weighted by Crippen LogP contribution is -2.43. The van der Waals surface area contributed by atoms with Crippen molar-refractivity contribution in [3.8, 4) is 0 Å². The van der Waals surface area contributed by atoms with E-state index in [-0.39, 0.29) is 6.61 Å². The highest BCUT2D eigenvalue weighted by Gasteiger charge is 2.27. The summed E-state index contributed by atoms with van der Waals surface area (Å²) >= 11 is 0. The molecule has 1 aromatic rings. The Bertz CT molecular complexity index is 362. The first-order chi connectivity index (χ1) is 8.24. The van der Waals surface area contributed by atoms with Crippen LogP contribution in [0.15, 0.2) is 24.3 Å². The topological polar surface area (TPSA) is 23.5 Å². The Kier molecular flexibility index (Phi) is 4.06. The SMILES string of the molecule is CC(C)C1CCc2ccccc2N1CCCO. The molecule has 2 heteroatoms. The van der Waals surface area contributed by atoms with E-state index < -0.39 is 0 Å². The Morgan fingerprint density at radius 2 is 2.12 bits per heavy atom. The van der Waals surface area contributed by atoms with Gasteiger partial charge in [-0.2, -0.15) is 0 Å². The van der Waals surface area contributed by atoms with Gasteiger partial charge in [-0.25, -0.2) is 0 Å². The second-order valence-electron chi connectivity index (χ2n) is 5.25. The Hall–Kier alpha value is -1.02. The van der Waals surface area contributed by atoms with Crippen LogP contribution in [0.25, 0.3) is 0 Å². The van der Waals surface area contributed by atoms with Gasteiger partial charge < -0.3 is 10.0 Å². The number of fused-ring (bicyclic) bond motifs is 1. The van der Waals surface area contributed by atoms with Crippen LogP contribution in [0.4, 0.5) is 5.69 Å². The Labute approximate surface area is 104 Å². The van der Waals surface area contributed by atoms with Crippen molar-refractivity contribution in [1.82, 2.24) is 0 Å². The van der Waals surface area contributed by atoms with E-state index >= 15 is 0 Å². The molecule has 2 rings (SSSR count). The maximum Gasteiger partial charge on any atom is 0.0447 e. The number of benzene rings is 1. The van der Waals surface area contributed by atoms with Gasteiger partial charge in [0.15, 0.2) is 0 Å². The quantitative estimate of drug-likeness (QED) is 0.864. The molecule has 1 unspecified atom stereocenters. The number of aliphatic hydroxyl groups is 1. The minimum Gasteiger partial charge on any atom is -0.396 e. The van der Waals surface area contributed by atoms with E-state index in [1.807, 2.05) is 0 Å². The fourth-order valence-corrected chi connectivity index (χ4v) is 2.86. The number of anilines is 1. The molecule has 1 aliphatic heterocycles. The van der Waals surface area contributed by atoms with Crippen LogP contribution in [0.5, 0.6) is 0 Å². The van der Waals surface area contributed by atoms with Gasteiger partial charge in [-0.3, -0.25) is 0 Å². The van der Waals surface area contributed by atoms with Gasteiger partial charge in [0.2, 0.25) is 0 Å². The second-order valence-corrected chi connectivity index (χ2v) is 5.25. The molecule has 1 N–H and O–H groups in total. The molecule has 0 bridgehead atoms. The molecule has 1 aliphatic rings. The van der Waals surface area contributed by atoms with Gasteiger partial charge in [0.05, 0.1) is 0 Å². The third-order valence-electron chi connectivity index (χ3n) is 3.74. The van der Waals surface area contributed by atoms with Gasteiger partial charge in [-0.15, -0.1) is 0 Å². The van der Waals surface area contributed by atoms with Crippen LogP contribution in [-0.4, -0.2) is 24.3 Å². The predicted molar refractivity (Wildman–Crippen MR) is 72.4 cm³/mol. The monoisotopic (exact) mass is 233 g/mol. The number of rotatable bonds is 4. The van der Waals surface area contributed by atoms with Crippen molar-refractivity contribution >= 4 is 5.69 Å². The number of para-hydroxylation sites is 1. The van der Waals surface area contributed by atoms with Gasteiger partial charge >= 0.3 is 0 Å². The average Bonchev–Trinajstić information content (AvgIpc) is 2.35. The zero-order valence-corrected chi connectivity index (χ0v) is 10.9. The van der Waals surface area contributed by atoms with Crippen LogP contribution < -0.4 is 4.90 Å². The normalized spacial score (nSPS) is 19.5. The standard InChI is InChI=1S/C15H23NO/c1-12(2)14-9-8-13-6-3-4-7-15(13)16(14)10-5-11-17/h3-4,6-7,12,14,17H,5,8-11H2,1-2H3. The summed E-state index contributed by atoms with van der Waals surface area (Å²) in [7, 11) is 0. The Morgan fingerprint density at radius 1 is 1.35 bits per heavy atom. The average molecular weight is 233 g/mol. The highest BCUT2D eigenvalue weighted by molar-refractivity contribution is 5.56. The fraction of sp³-hybridized carbons (Fsp3) is 0.600. The van der Waals surface area contributed by atoms with Crippen LogP contribution in [-0.2, 0) is 6.42 Å². The first-order valence-corrected chi connectivity index (χ1v) is 6.69. The first-order valence-electron chi connectivity index (χ1n) is 6.69. The molecule has 1 heterocycles. The summed E-state index contributed by atoms with van der Waals surface area (Å²) in [5.41, 5.74) is 2.84. The molecule has 0 aromatic heterocycles. The summed E-state index contributed by atoms with van der Waals surface area (Å²) in [6.45, 7) is 5.84. The van der Waals surface area contributed by atoms with Gasteiger partial charge in [0.1, 0.15) is 0 Å². The van der Waals surface area contributed by atoms with Crippen LogP contribution in [0.1, 0.15) is 32.3 Å².